The second kappa shape index (κ2) is 16.3. The number of nitrogens with zero attached hydrogens (tertiary/aromatic N) is 3. The number of carbonyl (C=O) groups excluding carboxylic acids is 1. The van der Waals surface area contributed by atoms with Crippen molar-refractivity contribution in [3.8, 4) is 0 Å². The first-order chi connectivity index (χ1) is 12.1. The first-order valence-electron chi connectivity index (χ1n) is 9.85. The highest BCUT2D eigenvalue weighted by Gasteiger charge is 2.13. The van der Waals surface area contributed by atoms with E-state index in [0.29, 0.717) is 25.7 Å². The van der Waals surface area contributed by atoms with Crippen molar-refractivity contribution < 1.29 is 14.3 Å². The highest BCUT2D eigenvalue weighted by molar-refractivity contribution is 5.90. The lowest BCUT2D eigenvalue weighted by atomic mass is 10.3. The average molecular weight is 358 g/mol. The molecule has 0 unspecified atom stereocenters. The van der Waals surface area contributed by atoms with Gasteiger partial charge >= 0.3 is 6.09 Å². The van der Waals surface area contributed by atoms with Crippen LogP contribution in [0.5, 0.6) is 0 Å². The Morgan fingerprint density at radius 1 is 1.12 bits per heavy atom. The molecule has 1 heterocycles. The SMILES string of the molecule is CCC.CCCCN(CC)CCCOC(=O)/N=C(/C)N1CCOCC1. The van der Waals surface area contributed by atoms with E-state index in [1.165, 1.54) is 19.3 Å². The van der Waals surface area contributed by atoms with Crippen LogP contribution in [0.2, 0.25) is 0 Å². The zero-order valence-electron chi connectivity index (χ0n) is 17.1. The van der Waals surface area contributed by atoms with Crippen LogP contribution >= 0.6 is 0 Å². The molecule has 1 amide bonds. The fourth-order valence-corrected chi connectivity index (χ4v) is 2.38. The zero-order valence-corrected chi connectivity index (χ0v) is 17.1. The first-order valence-corrected chi connectivity index (χ1v) is 9.85. The molecule has 148 valence electrons. The van der Waals surface area contributed by atoms with Gasteiger partial charge in [0.1, 0.15) is 5.84 Å². The van der Waals surface area contributed by atoms with E-state index in [4.69, 9.17) is 9.47 Å². The molecule has 0 bridgehead atoms. The number of hydrogen-bond acceptors (Lipinski definition) is 4. The molecule has 6 nitrogen and oxygen atoms in total. The molecule has 1 rings (SSSR count). The van der Waals surface area contributed by atoms with Gasteiger partial charge in [-0.15, -0.1) is 0 Å². The third-order valence-electron chi connectivity index (χ3n) is 3.84. The van der Waals surface area contributed by atoms with E-state index in [1.54, 1.807) is 0 Å². The number of aliphatic imine (C=N–C) groups is 1. The molecular weight excluding hydrogens is 318 g/mol. The molecule has 6 heteroatoms. The Hall–Kier alpha value is -1.14. The number of hydrogen-bond donors (Lipinski definition) is 0. The molecule has 0 aromatic heterocycles. The summed E-state index contributed by atoms with van der Waals surface area (Å²) in [6.07, 6.45) is 4.05. The van der Waals surface area contributed by atoms with E-state index in [9.17, 15) is 4.79 Å². The molecule has 0 spiro atoms. The number of carbonyl (C=O) groups is 1. The molecule has 1 saturated heterocycles. The van der Waals surface area contributed by atoms with Crippen molar-refractivity contribution in [1.82, 2.24) is 9.80 Å². The molecule has 25 heavy (non-hydrogen) atoms. The summed E-state index contributed by atoms with van der Waals surface area (Å²) in [4.78, 5) is 20.1. The zero-order chi connectivity index (χ0) is 18.9. The Labute approximate surface area is 154 Å². The normalized spacial score (nSPS) is 15.0. The molecule has 0 atom stereocenters. The van der Waals surface area contributed by atoms with Crippen LogP contribution in [0, 0.1) is 0 Å². The van der Waals surface area contributed by atoms with Gasteiger partial charge < -0.3 is 19.3 Å². The van der Waals surface area contributed by atoms with Crippen molar-refractivity contribution in [2.24, 2.45) is 4.99 Å². The van der Waals surface area contributed by atoms with Crippen molar-refractivity contribution in [2.45, 2.75) is 60.3 Å². The molecular formula is C19H39N3O3. The number of amides is 1. The minimum Gasteiger partial charge on any atom is -0.448 e. The first kappa shape index (κ1) is 23.9. The molecule has 0 N–H and O–H groups in total. The average Bonchev–Trinajstić information content (AvgIpc) is 2.62. The minimum atomic E-state index is -0.486. The standard InChI is InChI=1S/C16H31N3O3.C3H8/c1-4-6-8-18(5-2)9-7-12-22-16(20)17-15(3)19-10-13-21-14-11-19;1-3-2/h4-14H2,1-3H3;3H2,1-2H3/b17-15-;. The smallest absolute Gasteiger partial charge is 0.435 e. The summed E-state index contributed by atoms with van der Waals surface area (Å²) in [5, 5.41) is 0. The quantitative estimate of drug-likeness (QED) is 0.376. The fourth-order valence-electron chi connectivity index (χ4n) is 2.38. The lowest BCUT2D eigenvalue weighted by Crippen LogP contribution is -2.39. The van der Waals surface area contributed by atoms with Gasteiger partial charge in [-0.2, -0.15) is 4.99 Å². The Balaban J connectivity index is 0.00000178. The predicted octanol–water partition coefficient (Wildman–Crippen LogP) is 3.80. The van der Waals surface area contributed by atoms with Crippen molar-refractivity contribution in [3.63, 3.8) is 0 Å². The summed E-state index contributed by atoms with van der Waals surface area (Å²) in [6.45, 7) is 17.0. The largest absolute Gasteiger partial charge is 0.448 e. The second-order valence-electron chi connectivity index (χ2n) is 6.22. The van der Waals surface area contributed by atoms with Crippen LogP contribution in [0.3, 0.4) is 0 Å². The van der Waals surface area contributed by atoms with Gasteiger partial charge in [0.05, 0.1) is 19.8 Å². The number of unbranched alkanes of at least 4 members (excludes halogenated alkanes) is 1. The van der Waals surface area contributed by atoms with Crippen LogP contribution < -0.4 is 0 Å². The van der Waals surface area contributed by atoms with Crippen molar-refractivity contribution >= 4 is 11.9 Å². The Kier molecular flexibility index (Phi) is 15.6. The Morgan fingerprint density at radius 3 is 2.28 bits per heavy atom. The minimum absolute atomic E-state index is 0.432. The number of rotatable bonds is 8. The molecule has 1 aliphatic heterocycles. The topological polar surface area (TPSA) is 54.4 Å². The number of amidine groups is 1. The highest BCUT2D eigenvalue weighted by atomic mass is 16.5. The Morgan fingerprint density at radius 2 is 1.72 bits per heavy atom. The van der Waals surface area contributed by atoms with Crippen LogP contribution in [0.1, 0.15) is 60.3 Å². The third kappa shape index (κ3) is 12.8. The molecule has 0 aromatic carbocycles. The van der Waals surface area contributed by atoms with Gasteiger partial charge in [-0.3, -0.25) is 0 Å². The van der Waals surface area contributed by atoms with E-state index >= 15 is 0 Å². The lowest BCUT2D eigenvalue weighted by Gasteiger charge is -2.27. The molecule has 0 saturated carbocycles. The van der Waals surface area contributed by atoms with Gasteiger partial charge in [0.2, 0.25) is 0 Å². The molecule has 1 aliphatic rings. The molecule has 1 fully saturated rings. The molecule has 0 aliphatic carbocycles. The van der Waals surface area contributed by atoms with Crippen LogP contribution in [0.25, 0.3) is 0 Å². The summed E-state index contributed by atoms with van der Waals surface area (Å²) in [7, 11) is 0. The van der Waals surface area contributed by atoms with Gasteiger partial charge in [0, 0.05) is 19.6 Å². The number of morpholine rings is 1. The monoisotopic (exact) mass is 357 g/mol. The Bertz CT molecular complexity index is 356. The maximum absolute atomic E-state index is 11.7. The van der Waals surface area contributed by atoms with Crippen LogP contribution in [0.15, 0.2) is 4.99 Å². The summed E-state index contributed by atoms with van der Waals surface area (Å²) in [5.41, 5.74) is 0. The van der Waals surface area contributed by atoms with Gasteiger partial charge in [-0.1, -0.05) is 40.5 Å². The molecule has 0 radical (unpaired) electrons. The summed E-state index contributed by atoms with van der Waals surface area (Å²) < 4.78 is 10.5. The van der Waals surface area contributed by atoms with E-state index in [2.05, 4.69) is 37.6 Å². The van der Waals surface area contributed by atoms with Crippen LogP contribution in [-0.2, 0) is 9.47 Å². The van der Waals surface area contributed by atoms with Crippen molar-refractivity contribution in [1.29, 1.82) is 0 Å². The van der Waals surface area contributed by atoms with E-state index < -0.39 is 6.09 Å². The maximum atomic E-state index is 11.7. The summed E-state index contributed by atoms with van der Waals surface area (Å²) in [5.74, 6) is 0.714. The fraction of sp³-hybridized carbons (Fsp3) is 0.895. The predicted molar refractivity (Wildman–Crippen MR) is 104 cm³/mol. The van der Waals surface area contributed by atoms with Crippen molar-refractivity contribution in [2.75, 3.05) is 52.5 Å². The van der Waals surface area contributed by atoms with Gasteiger partial charge in [-0.05, 0) is 32.9 Å². The van der Waals surface area contributed by atoms with E-state index in [0.717, 1.165) is 39.1 Å². The third-order valence-corrected chi connectivity index (χ3v) is 3.84. The van der Waals surface area contributed by atoms with Crippen LogP contribution in [-0.4, -0.2) is 74.3 Å². The van der Waals surface area contributed by atoms with Crippen LogP contribution in [0.4, 0.5) is 4.79 Å². The summed E-state index contributed by atoms with van der Waals surface area (Å²) >= 11 is 0. The van der Waals surface area contributed by atoms with E-state index in [1.807, 2.05) is 11.8 Å². The maximum Gasteiger partial charge on any atom is 0.435 e. The lowest BCUT2D eigenvalue weighted by molar-refractivity contribution is 0.0675. The summed E-state index contributed by atoms with van der Waals surface area (Å²) in [6, 6.07) is 0. The van der Waals surface area contributed by atoms with Gasteiger partial charge in [-0.25, -0.2) is 4.79 Å². The van der Waals surface area contributed by atoms with Gasteiger partial charge in [0.25, 0.3) is 0 Å². The van der Waals surface area contributed by atoms with Gasteiger partial charge in [0.15, 0.2) is 0 Å². The van der Waals surface area contributed by atoms with Crippen molar-refractivity contribution in [3.05, 3.63) is 0 Å². The molecule has 0 aromatic rings. The van der Waals surface area contributed by atoms with E-state index in [-0.39, 0.29) is 0 Å². The highest BCUT2D eigenvalue weighted by Crippen LogP contribution is 2.01. The number of ether oxygens (including phenoxy) is 2. The second-order valence-corrected chi connectivity index (χ2v) is 6.22.